The van der Waals surface area contributed by atoms with Crippen molar-refractivity contribution in [2.45, 2.75) is 13.8 Å². The van der Waals surface area contributed by atoms with Crippen LogP contribution >= 0.6 is 0 Å². The molecule has 0 bridgehead atoms. The lowest BCUT2D eigenvalue weighted by atomic mass is 10.0. The van der Waals surface area contributed by atoms with Crippen LogP contribution in [0, 0.1) is 13.8 Å². The van der Waals surface area contributed by atoms with Crippen molar-refractivity contribution in [3.05, 3.63) is 83.9 Å². The first kappa shape index (κ1) is 20.8. The predicted molar refractivity (Wildman–Crippen MR) is 131 cm³/mol. The van der Waals surface area contributed by atoms with Crippen LogP contribution in [0.2, 0.25) is 0 Å². The molecule has 5 heteroatoms. The highest BCUT2D eigenvalue weighted by Crippen LogP contribution is 2.35. The molecule has 0 aliphatic heterocycles. The van der Waals surface area contributed by atoms with E-state index in [9.17, 15) is 0 Å². The van der Waals surface area contributed by atoms with Gasteiger partial charge in [-0.3, -0.25) is 0 Å². The lowest BCUT2D eigenvalue weighted by Crippen LogP contribution is -1.95. The van der Waals surface area contributed by atoms with Gasteiger partial charge in [0.2, 0.25) is 5.71 Å². The average Bonchev–Trinajstić information content (AvgIpc) is 3.26. The van der Waals surface area contributed by atoms with E-state index >= 15 is 0 Å². The number of aromatic nitrogens is 2. The van der Waals surface area contributed by atoms with E-state index < -0.39 is 0 Å². The zero-order chi connectivity index (χ0) is 22.9. The Morgan fingerprint density at radius 1 is 0.606 bits per heavy atom. The second-order valence-electron chi connectivity index (χ2n) is 8.06. The second kappa shape index (κ2) is 8.43. The number of fused-ring (bicyclic) bond motifs is 1. The maximum Gasteiger partial charge on any atom is 0.246 e. The first-order chi connectivity index (χ1) is 16.0. The molecule has 0 radical (unpaired) electrons. The first-order valence-corrected chi connectivity index (χ1v) is 10.7. The van der Waals surface area contributed by atoms with Gasteiger partial charge in [-0.2, -0.15) is 0 Å². The third-order valence-electron chi connectivity index (χ3n) is 5.60. The minimum absolute atomic E-state index is 0.500. The minimum atomic E-state index is 0.500. The van der Waals surface area contributed by atoms with Crippen molar-refractivity contribution in [3.63, 3.8) is 0 Å². The number of benzene rings is 3. The molecule has 0 aliphatic carbocycles. The van der Waals surface area contributed by atoms with E-state index in [4.69, 9.17) is 23.9 Å². The molecule has 0 amide bonds. The fraction of sp³-hybridized carbons (Fsp3) is 0.143. The van der Waals surface area contributed by atoms with Gasteiger partial charge >= 0.3 is 0 Å². The summed E-state index contributed by atoms with van der Waals surface area (Å²) in [4.78, 5) is 9.94. The van der Waals surface area contributed by atoms with Gasteiger partial charge in [0.05, 0.1) is 19.9 Å². The normalized spacial score (nSPS) is 11.0. The Balaban J connectivity index is 1.70. The topological polar surface area (TPSA) is 57.4 Å². The SMILES string of the molecule is COc1ccc(-c2cc3nc(-c4cc(C)cc(C)c4)c(-c4ccc(OC)cc4)nc3o2)cc1. The molecule has 0 saturated carbocycles. The molecule has 0 fully saturated rings. The zero-order valence-corrected chi connectivity index (χ0v) is 19.0. The Hall–Kier alpha value is -4.12. The lowest BCUT2D eigenvalue weighted by molar-refractivity contribution is 0.414. The number of aryl methyl sites for hydroxylation is 2. The molecular formula is C28H24N2O3. The molecule has 0 saturated heterocycles. The molecule has 33 heavy (non-hydrogen) atoms. The Bertz CT molecular complexity index is 1420. The molecule has 0 unspecified atom stereocenters. The van der Waals surface area contributed by atoms with E-state index in [2.05, 4.69) is 32.0 Å². The van der Waals surface area contributed by atoms with Crippen LogP contribution in [0.15, 0.2) is 77.2 Å². The number of hydrogen-bond acceptors (Lipinski definition) is 5. The largest absolute Gasteiger partial charge is 0.497 e. The molecular weight excluding hydrogens is 412 g/mol. The van der Waals surface area contributed by atoms with Crippen LogP contribution in [0.5, 0.6) is 11.5 Å². The molecule has 0 aliphatic rings. The summed E-state index contributed by atoms with van der Waals surface area (Å²) < 4.78 is 16.7. The highest BCUT2D eigenvalue weighted by Gasteiger charge is 2.17. The quantitative estimate of drug-likeness (QED) is 0.301. The van der Waals surface area contributed by atoms with Crippen LogP contribution in [-0.2, 0) is 0 Å². The number of furan rings is 1. The number of rotatable bonds is 5. The third-order valence-corrected chi connectivity index (χ3v) is 5.60. The molecule has 164 valence electrons. The minimum Gasteiger partial charge on any atom is -0.497 e. The van der Waals surface area contributed by atoms with Gasteiger partial charge in [-0.15, -0.1) is 0 Å². The van der Waals surface area contributed by atoms with Crippen molar-refractivity contribution >= 4 is 11.2 Å². The van der Waals surface area contributed by atoms with Gasteiger partial charge in [0.15, 0.2) is 0 Å². The number of nitrogens with zero attached hydrogens (tertiary/aromatic N) is 2. The Morgan fingerprint density at radius 3 is 1.73 bits per heavy atom. The van der Waals surface area contributed by atoms with Crippen molar-refractivity contribution < 1.29 is 13.9 Å². The zero-order valence-electron chi connectivity index (χ0n) is 19.0. The molecule has 5 aromatic rings. The fourth-order valence-corrected chi connectivity index (χ4v) is 4.02. The number of methoxy groups -OCH3 is 2. The molecule has 5 nitrogen and oxygen atoms in total. The average molecular weight is 437 g/mol. The number of ether oxygens (including phenoxy) is 2. The molecule has 2 heterocycles. The van der Waals surface area contributed by atoms with Gasteiger partial charge in [0.25, 0.3) is 0 Å². The van der Waals surface area contributed by atoms with Crippen molar-refractivity contribution in [2.75, 3.05) is 14.2 Å². The van der Waals surface area contributed by atoms with E-state index in [-0.39, 0.29) is 0 Å². The van der Waals surface area contributed by atoms with Crippen molar-refractivity contribution in [1.82, 2.24) is 9.97 Å². The highest BCUT2D eigenvalue weighted by molar-refractivity contribution is 5.86. The Kier molecular flexibility index (Phi) is 5.31. The molecule has 3 aromatic carbocycles. The summed E-state index contributed by atoms with van der Waals surface area (Å²) in [6.07, 6.45) is 0. The standard InChI is InChI=1S/C28H24N2O3/c1-17-13-18(2)15-21(14-17)27-26(20-7-11-23(32-4)12-8-20)30-28-24(29-27)16-25(33-28)19-5-9-22(31-3)10-6-19/h5-16H,1-4H3. The van der Waals surface area contributed by atoms with Crippen LogP contribution in [0.25, 0.3) is 45.1 Å². The summed E-state index contributed by atoms with van der Waals surface area (Å²) in [5.41, 5.74) is 8.08. The van der Waals surface area contributed by atoms with Crippen LogP contribution in [0.4, 0.5) is 0 Å². The van der Waals surface area contributed by atoms with E-state index in [0.717, 1.165) is 39.6 Å². The van der Waals surface area contributed by atoms with Gasteiger partial charge in [-0.1, -0.05) is 17.2 Å². The summed E-state index contributed by atoms with van der Waals surface area (Å²) in [6, 6.07) is 24.0. The Morgan fingerprint density at radius 2 is 1.15 bits per heavy atom. The summed E-state index contributed by atoms with van der Waals surface area (Å²) >= 11 is 0. The van der Waals surface area contributed by atoms with Gasteiger partial charge in [0, 0.05) is 22.8 Å². The van der Waals surface area contributed by atoms with Crippen LogP contribution < -0.4 is 9.47 Å². The van der Waals surface area contributed by atoms with Crippen molar-refractivity contribution in [3.8, 4) is 45.3 Å². The second-order valence-corrected chi connectivity index (χ2v) is 8.06. The van der Waals surface area contributed by atoms with Crippen molar-refractivity contribution in [1.29, 1.82) is 0 Å². The van der Waals surface area contributed by atoms with Gasteiger partial charge in [0.1, 0.15) is 28.5 Å². The third kappa shape index (κ3) is 4.05. The van der Waals surface area contributed by atoms with Crippen molar-refractivity contribution in [2.24, 2.45) is 0 Å². The summed E-state index contributed by atoms with van der Waals surface area (Å²) in [5, 5.41) is 0. The summed E-state index contributed by atoms with van der Waals surface area (Å²) in [5.74, 6) is 2.30. The fourth-order valence-electron chi connectivity index (χ4n) is 4.02. The number of hydrogen-bond donors (Lipinski definition) is 0. The van der Waals surface area contributed by atoms with E-state index in [1.807, 2.05) is 54.6 Å². The summed E-state index contributed by atoms with van der Waals surface area (Å²) in [6.45, 7) is 4.18. The molecule has 2 aromatic heterocycles. The van der Waals surface area contributed by atoms with Crippen LogP contribution in [0.3, 0.4) is 0 Å². The maximum absolute atomic E-state index is 6.13. The summed E-state index contributed by atoms with van der Waals surface area (Å²) in [7, 11) is 3.31. The molecule has 0 N–H and O–H groups in total. The van der Waals surface area contributed by atoms with Crippen LogP contribution in [-0.4, -0.2) is 24.2 Å². The van der Waals surface area contributed by atoms with E-state index in [0.29, 0.717) is 17.0 Å². The van der Waals surface area contributed by atoms with Crippen LogP contribution in [0.1, 0.15) is 11.1 Å². The van der Waals surface area contributed by atoms with Gasteiger partial charge in [-0.05, 0) is 74.5 Å². The van der Waals surface area contributed by atoms with E-state index in [1.54, 1.807) is 14.2 Å². The van der Waals surface area contributed by atoms with Gasteiger partial charge in [-0.25, -0.2) is 9.97 Å². The monoisotopic (exact) mass is 436 g/mol. The smallest absolute Gasteiger partial charge is 0.246 e. The molecule has 5 rings (SSSR count). The first-order valence-electron chi connectivity index (χ1n) is 10.7. The van der Waals surface area contributed by atoms with Gasteiger partial charge < -0.3 is 13.9 Å². The lowest BCUT2D eigenvalue weighted by Gasteiger charge is -2.11. The highest BCUT2D eigenvalue weighted by atomic mass is 16.5. The van der Waals surface area contributed by atoms with E-state index in [1.165, 1.54) is 11.1 Å². The molecule has 0 spiro atoms. The maximum atomic E-state index is 6.13. The Labute approximate surface area is 192 Å². The molecule has 0 atom stereocenters. The predicted octanol–water partition coefficient (Wildman–Crippen LogP) is 6.86.